The Morgan fingerprint density at radius 2 is 1.81 bits per heavy atom. The topological polar surface area (TPSA) is 68.2 Å². The van der Waals surface area contributed by atoms with E-state index in [1.807, 2.05) is 19.1 Å². The summed E-state index contributed by atoms with van der Waals surface area (Å²) in [4.78, 5) is 0. The third-order valence-corrected chi connectivity index (χ3v) is 5.11. The lowest BCUT2D eigenvalue weighted by molar-refractivity contribution is -0.295. The summed E-state index contributed by atoms with van der Waals surface area (Å²) in [6.07, 6.45) is 1.59. The van der Waals surface area contributed by atoms with E-state index < -0.39 is 5.79 Å². The lowest BCUT2D eigenvalue weighted by atomic mass is 9.90. The molecule has 146 valence electrons. The minimum Gasteiger partial charge on any atom is -0.497 e. The molecule has 0 aromatic heterocycles. The van der Waals surface area contributed by atoms with Crippen LogP contribution < -0.4 is 4.74 Å². The van der Waals surface area contributed by atoms with Gasteiger partial charge in [-0.1, -0.05) is 24.3 Å². The van der Waals surface area contributed by atoms with Gasteiger partial charge in [-0.05, 0) is 54.7 Å². The van der Waals surface area contributed by atoms with Crippen LogP contribution in [0.4, 0.5) is 0 Å². The van der Waals surface area contributed by atoms with Gasteiger partial charge < -0.3 is 24.4 Å². The van der Waals surface area contributed by atoms with Crippen molar-refractivity contribution in [1.82, 2.24) is 0 Å². The molecular weight excluding hydrogens is 344 g/mol. The van der Waals surface area contributed by atoms with Gasteiger partial charge in [0.15, 0.2) is 5.79 Å². The van der Waals surface area contributed by atoms with E-state index in [1.165, 1.54) is 11.1 Å². The summed E-state index contributed by atoms with van der Waals surface area (Å²) >= 11 is 0. The third kappa shape index (κ3) is 4.17. The predicted octanol–water partition coefficient (Wildman–Crippen LogP) is 3.14. The second kappa shape index (κ2) is 8.40. The number of aliphatic hydroxyl groups is 2. The van der Waals surface area contributed by atoms with Crippen molar-refractivity contribution in [2.45, 2.75) is 50.8 Å². The minimum atomic E-state index is -0.789. The monoisotopic (exact) mass is 372 g/mol. The average Bonchev–Trinajstić information content (AvgIpc) is 3.00. The van der Waals surface area contributed by atoms with Gasteiger partial charge in [-0.15, -0.1) is 0 Å². The lowest BCUT2D eigenvalue weighted by Gasteiger charge is -2.39. The van der Waals surface area contributed by atoms with Crippen LogP contribution in [0.1, 0.15) is 42.0 Å². The smallest absolute Gasteiger partial charge is 0.198 e. The SMILES string of the molecule is CO.COc1ccc(Cc2ccc3c(c2)[C@]2(CC(O)CC(C)O2)OC3)cc1. The van der Waals surface area contributed by atoms with E-state index in [4.69, 9.17) is 19.3 Å². The summed E-state index contributed by atoms with van der Waals surface area (Å²) in [5, 5.41) is 17.2. The Bertz CT molecular complexity index is 746. The quantitative estimate of drug-likeness (QED) is 0.866. The molecule has 2 aromatic carbocycles. The van der Waals surface area contributed by atoms with Crippen LogP contribution in [0.25, 0.3) is 0 Å². The number of fused-ring (bicyclic) bond motifs is 2. The molecule has 4 rings (SSSR count). The summed E-state index contributed by atoms with van der Waals surface area (Å²) in [6.45, 7) is 2.53. The maximum atomic E-state index is 10.2. The van der Waals surface area contributed by atoms with Gasteiger partial charge in [-0.2, -0.15) is 0 Å². The highest BCUT2D eigenvalue weighted by molar-refractivity contribution is 5.40. The zero-order valence-corrected chi connectivity index (χ0v) is 16.1. The number of rotatable bonds is 3. The number of hydrogen-bond acceptors (Lipinski definition) is 5. The van der Waals surface area contributed by atoms with Gasteiger partial charge in [0.1, 0.15) is 5.75 Å². The Morgan fingerprint density at radius 3 is 2.48 bits per heavy atom. The van der Waals surface area contributed by atoms with E-state index in [9.17, 15) is 5.11 Å². The zero-order chi connectivity index (χ0) is 19.4. The van der Waals surface area contributed by atoms with Crippen molar-refractivity contribution in [2.24, 2.45) is 0 Å². The van der Waals surface area contributed by atoms with Crippen LogP contribution in [0.15, 0.2) is 42.5 Å². The molecule has 2 aromatic rings. The number of benzene rings is 2. The Morgan fingerprint density at radius 1 is 1.11 bits per heavy atom. The van der Waals surface area contributed by atoms with Gasteiger partial charge in [0.05, 0.1) is 25.9 Å². The fourth-order valence-corrected chi connectivity index (χ4v) is 3.93. The highest BCUT2D eigenvalue weighted by atomic mass is 16.7. The number of hydrogen-bond donors (Lipinski definition) is 2. The summed E-state index contributed by atoms with van der Waals surface area (Å²) in [5.74, 6) is 0.0751. The van der Waals surface area contributed by atoms with Gasteiger partial charge in [-0.3, -0.25) is 0 Å². The minimum absolute atomic E-state index is 0.0139. The first kappa shape index (κ1) is 19.8. The lowest BCUT2D eigenvalue weighted by Crippen LogP contribution is -2.43. The first-order chi connectivity index (χ1) is 13.1. The molecule has 0 aliphatic carbocycles. The summed E-state index contributed by atoms with van der Waals surface area (Å²) in [5.41, 5.74) is 4.67. The van der Waals surface area contributed by atoms with Crippen molar-refractivity contribution in [3.63, 3.8) is 0 Å². The van der Waals surface area contributed by atoms with Crippen molar-refractivity contribution in [2.75, 3.05) is 14.2 Å². The molecule has 0 amide bonds. The van der Waals surface area contributed by atoms with Crippen molar-refractivity contribution in [3.8, 4) is 5.75 Å². The number of ether oxygens (including phenoxy) is 3. The molecule has 0 bridgehead atoms. The van der Waals surface area contributed by atoms with Crippen molar-refractivity contribution in [3.05, 3.63) is 64.7 Å². The van der Waals surface area contributed by atoms with E-state index in [-0.39, 0.29) is 12.2 Å². The molecule has 3 atom stereocenters. The molecule has 2 heterocycles. The molecule has 1 spiro atoms. The van der Waals surface area contributed by atoms with Gasteiger partial charge in [0, 0.05) is 19.1 Å². The number of aliphatic hydroxyl groups excluding tert-OH is 2. The van der Waals surface area contributed by atoms with Crippen molar-refractivity contribution < 1.29 is 24.4 Å². The number of methoxy groups -OCH3 is 1. The molecule has 5 heteroatoms. The first-order valence-corrected chi connectivity index (χ1v) is 9.28. The maximum Gasteiger partial charge on any atom is 0.198 e. The molecule has 2 N–H and O–H groups in total. The van der Waals surface area contributed by atoms with Crippen LogP contribution in [0.5, 0.6) is 5.75 Å². The van der Waals surface area contributed by atoms with E-state index in [0.717, 1.165) is 30.4 Å². The average molecular weight is 372 g/mol. The zero-order valence-electron chi connectivity index (χ0n) is 16.1. The van der Waals surface area contributed by atoms with Crippen molar-refractivity contribution in [1.29, 1.82) is 0 Å². The van der Waals surface area contributed by atoms with Crippen LogP contribution in [-0.2, 0) is 28.3 Å². The molecular formula is C22H28O5. The van der Waals surface area contributed by atoms with Gasteiger partial charge in [0.25, 0.3) is 0 Å². The van der Waals surface area contributed by atoms with Gasteiger partial charge in [-0.25, -0.2) is 0 Å². The fraction of sp³-hybridized carbons (Fsp3) is 0.455. The van der Waals surface area contributed by atoms with Crippen LogP contribution in [0, 0.1) is 0 Å². The summed E-state index contributed by atoms with van der Waals surface area (Å²) in [6, 6.07) is 14.6. The van der Waals surface area contributed by atoms with E-state index >= 15 is 0 Å². The normalized spacial score (nSPS) is 26.3. The summed E-state index contributed by atoms with van der Waals surface area (Å²) in [7, 11) is 2.68. The van der Waals surface area contributed by atoms with Crippen molar-refractivity contribution >= 4 is 0 Å². The molecule has 2 aliphatic heterocycles. The Hall–Kier alpha value is -1.92. The Balaban J connectivity index is 0.00000102. The Kier molecular flexibility index (Phi) is 6.17. The highest BCUT2D eigenvalue weighted by Crippen LogP contribution is 2.45. The molecule has 0 saturated carbocycles. The second-order valence-electron chi connectivity index (χ2n) is 7.08. The standard InChI is InChI=1S/C21H24O4.CH4O/c1-14-9-18(22)12-21(25-14)20-11-16(3-6-17(20)13-24-21)10-15-4-7-19(23-2)8-5-15;1-2/h3-8,11,14,18,22H,9-10,12-13H2,1-2H3;2H,1H3/t14?,18?,21-;/m1./s1. The molecule has 2 unspecified atom stereocenters. The molecule has 1 saturated heterocycles. The van der Waals surface area contributed by atoms with Crippen LogP contribution in [0.2, 0.25) is 0 Å². The maximum absolute atomic E-state index is 10.2. The van der Waals surface area contributed by atoms with Gasteiger partial charge in [0.2, 0.25) is 0 Å². The predicted molar refractivity (Wildman–Crippen MR) is 103 cm³/mol. The molecule has 5 nitrogen and oxygen atoms in total. The van der Waals surface area contributed by atoms with E-state index in [2.05, 4.69) is 30.3 Å². The van der Waals surface area contributed by atoms with Gasteiger partial charge >= 0.3 is 0 Å². The second-order valence-corrected chi connectivity index (χ2v) is 7.08. The molecule has 0 radical (unpaired) electrons. The van der Waals surface area contributed by atoms with E-state index in [0.29, 0.717) is 19.4 Å². The van der Waals surface area contributed by atoms with Crippen LogP contribution >= 0.6 is 0 Å². The first-order valence-electron chi connectivity index (χ1n) is 9.28. The molecule has 1 fully saturated rings. The molecule has 2 aliphatic rings. The van der Waals surface area contributed by atoms with Crippen LogP contribution in [-0.4, -0.2) is 36.6 Å². The Labute approximate surface area is 160 Å². The van der Waals surface area contributed by atoms with Crippen LogP contribution in [0.3, 0.4) is 0 Å². The third-order valence-electron chi connectivity index (χ3n) is 5.11. The van der Waals surface area contributed by atoms with E-state index in [1.54, 1.807) is 7.11 Å². The fourth-order valence-electron chi connectivity index (χ4n) is 3.93. The molecule has 27 heavy (non-hydrogen) atoms. The largest absolute Gasteiger partial charge is 0.497 e. The highest BCUT2D eigenvalue weighted by Gasteiger charge is 2.47. The summed E-state index contributed by atoms with van der Waals surface area (Å²) < 4.78 is 17.4.